The van der Waals surface area contributed by atoms with Gasteiger partial charge >= 0.3 is 5.69 Å². The molecule has 5 aromatic rings. The van der Waals surface area contributed by atoms with Crippen LogP contribution in [0.3, 0.4) is 0 Å². The number of hydrogen-bond donors (Lipinski definition) is 2. The molecule has 0 aliphatic carbocycles. The molecule has 2 heterocycles. The molecule has 0 spiro atoms. The SMILES string of the molecule is Cn1c(=O)n(-c2ccccc2)c2ccc(-c3nc(C(N)=O)[nH]c3-c3ccc(F)cc3)cc21. The summed E-state index contributed by atoms with van der Waals surface area (Å²) in [5.74, 6) is -1.08. The third kappa shape index (κ3) is 3.09. The average Bonchev–Trinajstić information content (AvgIpc) is 3.35. The molecule has 158 valence electrons. The highest BCUT2D eigenvalue weighted by Gasteiger charge is 2.19. The molecule has 0 saturated heterocycles. The van der Waals surface area contributed by atoms with E-state index in [4.69, 9.17) is 5.73 Å². The van der Waals surface area contributed by atoms with Gasteiger partial charge in [-0.2, -0.15) is 0 Å². The Morgan fingerprint density at radius 1 is 0.969 bits per heavy atom. The normalized spacial score (nSPS) is 11.2. The summed E-state index contributed by atoms with van der Waals surface area (Å²) in [6.07, 6.45) is 0. The Bertz CT molecular complexity index is 1530. The smallest absolute Gasteiger partial charge is 0.333 e. The third-order valence-electron chi connectivity index (χ3n) is 5.41. The number of H-pyrrole nitrogens is 1. The van der Waals surface area contributed by atoms with Gasteiger partial charge in [0.25, 0.3) is 5.91 Å². The van der Waals surface area contributed by atoms with E-state index in [2.05, 4.69) is 9.97 Å². The number of fused-ring (bicyclic) bond motifs is 1. The first-order valence-corrected chi connectivity index (χ1v) is 9.87. The second-order valence-electron chi connectivity index (χ2n) is 7.40. The van der Waals surface area contributed by atoms with Gasteiger partial charge in [0.2, 0.25) is 0 Å². The largest absolute Gasteiger partial charge is 0.363 e. The van der Waals surface area contributed by atoms with Crippen molar-refractivity contribution in [1.82, 2.24) is 19.1 Å². The van der Waals surface area contributed by atoms with E-state index in [1.54, 1.807) is 28.3 Å². The van der Waals surface area contributed by atoms with Gasteiger partial charge in [-0.3, -0.25) is 13.9 Å². The van der Waals surface area contributed by atoms with Crippen molar-refractivity contribution in [3.63, 3.8) is 0 Å². The molecule has 0 aliphatic rings. The first-order chi connectivity index (χ1) is 15.4. The number of nitrogens with two attached hydrogens (primary N) is 1. The van der Waals surface area contributed by atoms with E-state index in [1.165, 1.54) is 12.1 Å². The maximum absolute atomic E-state index is 13.4. The minimum Gasteiger partial charge on any atom is -0.363 e. The number of nitrogens with one attached hydrogen (secondary N) is 1. The Morgan fingerprint density at radius 3 is 2.34 bits per heavy atom. The Morgan fingerprint density at radius 2 is 1.66 bits per heavy atom. The zero-order valence-electron chi connectivity index (χ0n) is 17.0. The molecular formula is C24H18FN5O2. The number of nitrogens with zero attached hydrogens (tertiary/aromatic N) is 3. The fourth-order valence-electron chi connectivity index (χ4n) is 3.84. The number of hydrogen-bond acceptors (Lipinski definition) is 3. The van der Waals surface area contributed by atoms with Crippen molar-refractivity contribution in [3.8, 4) is 28.2 Å². The highest BCUT2D eigenvalue weighted by Crippen LogP contribution is 2.32. The van der Waals surface area contributed by atoms with E-state index in [1.807, 2.05) is 48.5 Å². The number of halogens is 1. The number of amides is 1. The second kappa shape index (κ2) is 7.35. The summed E-state index contributed by atoms with van der Waals surface area (Å²) in [7, 11) is 1.70. The summed E-state index contributed by atoms with van der Waals surface area (Å²) in [6, 6.07) is 20.7. The summed E-state index contributed by atoms with van der Waals surface area (Å²) in [6.45, 7) is 0. The van der Waals surface area contributed by atoms with Crippen molar-refractivity contribution in [3.05, 3.63) is 94.9 Å². The standard InChI is InChI=1S/C24H18FN5O2/c1-29-19-13-15(9-12-18(19)30(24(29)32)17-5-3-2-4-6-17)21-20(27-23(28-21)22(26)31)14-7-10-16(25)11-8-14/h2-13H,1H3,(H2,26,31)(H,27,28). The summed E-state index contributed by atoms with van der Waals surface area (Å²) in [5.41, 5.74) is 9.80. The quantitative estimate of drug-likeness (QED) is 0.458. The molecule has 0 radical (unpaired) electrons. The zero-order valence-corrected chi connectivity index (χ0v) is 17.0. The van der Waals surface area contributed by atoms with E-state index in [9.17, 15) is 14.0 Å². The number of primary amides is 1. The van der Waals surface area contributed by atoms with Crippen LogP contribution in [0.1, 0.15) is 10.6 Å². The number of carbonyl (C=O) groups is 1. The molecule has 3 N–H and O–H groups in total. The fraction of sp³-hybridized carbons (Fsp3) is 0.0417. The van der Waals surface area contributed by atoms with E-state index in [0.29, 0.717) is 28.0 Å². The number of aromatic nitrogens is 4. The van der Waals surface area contributed by atoms with Crippen LogP contribution in [-0.4, -0.2) is 25.0 Å². The summed E-state index contributed by atoms with van der Waals surface area (Å²) < 4.78 is 16.6. The highest BCUT2D eigenvalue weighted by atomic mass is 19.1. The number of rotatable bonds is 4. The Balaban J connectivity index is 1.72. The lowest BCUT2D eigenvalue weighted by Crippen LogP contribution is -2.20. The zero-order chi connectivity index (χ0) is 22.4. The van der Waals surface area contributed by atoms with Crippen molar-refractivity contribution in [2.45, 2.75) is 0 Å². The fourth-order valence-corrected chi connectivity index (χ4v) is 3.84. The summed E-state index contributed by atoms with van der Waals surface area (Å²) in [5, 5.41) is 0. The lowest BCUT2D eigenvalue weighted by atomic mass is 10.0. The van der Waals surface area contributed by atoms with Crippen LogP contribution in [0, 0.1) is 5.82 Å². The van der Waals surface area contributed by atoms with Gasteiger partial charge < -0.3 is 10.7 Å². The van der Waals surface area contributed by atoms with Crippen LogP contribution < -0.4 is 11.4 Å². The van der Waals surface area contributed by atoms with Gasteiger partial charge in [0.15, 0.2) is 5.82 Å². The maximum atomic E-state index is 13.4. The van der Waals surface area contributed by atoms with Crippen molar-refractivity contribution in [2.24, 2.45) is 12.8 Å². The number of aromatic amines is 1. The van der Waals surface area contributed by atoms with Crippen LogP contribution in [0.2, 0.25) is 0 Å². The van der Waals surface area contributed by atoms with Crippen LogP contribution >= 0.6 is 0 Å². The number of para-hydroxylation sites is 1. The van der Waals surface area contributed by atoms with Gasteiger partial charge in [-0.15, -0.1) is 0 Å². The number of benzene rings is 3. The minimum atomic E-state index is -0.705. The van der Waals surface area contributed by atoms with Crippen molar-refractivity contribution in [1.29, 1.82) is 0 Å². The van der Waals surface area contributed by atoms with Gasteiger partial charge in [-0.25, -0.2) is 14.2 Å². The second-order valence-corrected chi connectivity index (χ2v) is 7.40. The van der Waals surface area contributed by atoms with Gasteiger partial charge in [0.05, 0.1) is 28.1 Å². The molecular weight excluding hydrogens is 409 g/mol. The lowest BCUT2D eigenvalue weighted by molar-refractivity contribution is 0.0991. The molecule has 1 amide bonds. The van der Waals surface area contributed by atoms with Gasteiger partial charge in [0, 0.05) is 18.2 Å². The van der Waals surface area contributed by atoms with Crippen molar-refractivity contribution in [2.75, 3.05) is 0 Å². The van der Waals surface area contributed by atoms with Gasteiger partial charge in [0.1, 0.15) is 5.82 Å². The van der Waals surface area contributed by atoms with E-state index in [-0.39, 0.29) is 17.3 Å². The molecule has 8 heteroatoms. The van der Waals surface area contributed by atoms with Gasteiger partial charge in [-0.1, -0.05) is 24.3 Å². The van der Waals surface area contributed by atoms with Crippen LogP contribution in [0.25, 0.3) is 39.2 Å². The Kier molecular flexibility index (Phi) is 4.48. The molecule has 0 aliphatic heterocycles. The predicted molar refractivity (Wildman–Crippen MR) is 120 cm³/mol. The highest BCUT2D eigenvalue weighted by molar-refractivity contribution is 5.93. The van der Waals surface area contributed by atoms with Crippen LogP contribution in [-0.2, 0) is 7.05 Å². The molecule has 32 heavy (non-hydrogen) atoms. The molecule has 7 nitrogen and oxygen atoms in total. The Labute approximate surface area is 181 Å². The molecule has 0 unspecified atom stereocenters. The topological polar surface area (TPSA) is 98.7 Å². The van der Waals surface area contributed by atoms with Crippen LogP contribution in [0.5, 0.6) is 0 Å². The van der Waals surface area contributed by atoms with Crippen molar-refractivity contribution < 1.29 is 9.18 Å². The minimum absolute atomic E-state index is 0.00448. The van der Waals surface area contributed by atoms with E-state index >= 15 is 0 Å². The molecule has 3 aromatic carbocycles. The first kappa shape index (κ1) is 19.5. The molecule has 0 atom stereocenters. The average molecular weight is 427 g/mol. The van der Waals surface area contributed by atoms with Crippen molar-refractivity contribution >= 4 is 16.9 Å². The summed E-state index contributed by atoms with van der Waals surface area (Å²) in [4.78, 5) is 32.1. The van der Waals surface area contributed by atoms with E-state index < -0.39 is 5.91 Å². The number of carbonyl (C=O) groups excluding carboxylic acids is 1. The van der Waals surface area contributed by atoms with Crippen LogP contribution in [0.4, 0.5) is 4.39 Å². The molecule has 0 saturated carbocycles. The third-order valence-corrected chi connectivity index (χ3v) is 5.41. The molecule has 0 fully saturated rings. The van der Waals surface area contributed by atoms with Crippen LogP contribution in [0.15, 0.2) is 77.6 Å². The summed E-state index contributed by atoms with van der Waals surface area (Å²) >= 11 is 0. The molecule has 0 bridgehead atoms. The number of aryl methyl sites for hydroxylation is 1. The molecule has 5 rings (SSSR count). The Hall–Kier alpha value is -4.46. The van der Waals surface area contributed by atoms with E-state index in [0.717, 1.165) is 11.2 Å². The predicted octanol–water partition coefficient (Wildman–Crippen LogP) is 3.62. The first-order valence-electron chi connectivity index (χ1n) is 9.87. The van der Waals surface area contributed by atoms with Gasteiger partial charge in [-0.05, 0) is 48.5 Å². The molecule has 2 aromatic heterocycles. The maximum Gasteiger partial charge on any atom is 0.333 e. The monoisotopic (exact) mass is 427 g/mol. The lowest BCUT2D eigenvalue weighted by Gasteiger charge is -2.06. The number of imidazole rings is 2.